The van der Waals surface area contributed by atoms with Crippen LogP contribution in [0.3, 0.4) is 0 Å². The molecule has 0 saturated heterocycles. The maximum atomic E-state index is 14.3. The molecule has 1 amide bonds. The minimum absolute atomic E-state index is 0.364. The lowest BCUT2D eigenvalue weighted by molar-refractivity contribution is 0.0553. The van der Waals surface area contributed by atoms with Gasteiger partial charge in [-0.15, -0.1) is 0 Å². The summed E-state index contributed by atoms with van der Waals surface area (Å²) in [6, 6.07) is 29.8. The van der Waals surface area contributed by atoms with Crippen molar-refractivity contribution in [1.29, 1.82) is 0 Å². The number of aromatic amines is 1. The molecule has 3 aromatic carbocycles. The van der Waals surface area contributed by atoms with Crippen molar-refractivity contribution in [3.8, 4) is 0 Å². The van der Waals surface area contributed by atoms with Crippen molar-refractivity contribution in [2.75, 3.05) is 4.90 Å². The van der Waals surface area contributed by atoms with Gasteiger partial charge in [-0.05, 0) is 37.5 Å². The molecule has 0 saturated carbocycles. The second kappa shape index (κ2) is 9.26. The molecule has 0 aliphatic carbocycles. The van der Waals surface area contributed by atoms with Gasteiger partial charge in [-0.25, -0.2) is 24.6 Å². The molecular formula is C29H27N5O2. The molecule has 0 atom stereocenters. The molecule has 180 valence electrons. The highest BCUT2D eigenvalue weighted by molar-refractivity contribution is 5.98. The number of aromatic nitrogens is 4. The van der Waals surface area contributed by atoms with Crippen LogP contribution < -0.4 is 4.90 Å². The Bertz CT molecular complexity index is 1360. The van der Waals surface area contributed by atoms with E-state index in [9.17, 15) is 4.79 Å². The van der Waals surface area contributed by atoms with Gasteiger partial charge in [-0.1, -0.05) is 91.0 Å². The molecule has 0 aliphatic rings. The van der Waals surface area contributed by atoms with Crippen LogP contribution in [0.25, 0.3) is 11.2 Å². The number of ether oxygens (including phenoxy) is 1. The number of carbonyl (C=O) groups excluding carboxylic acids is 1. The van der Waals surface area contributed by atoms with Crippen LogP contribution in [0.5, 0.6) is 0 Å². The number of nitrogens with one attached hydrogen (secondary N) is 1. The lowest BCUT2D eigenvalue weighted by Gasteiger charge is -2.44. The van der Waals surface area contributed by atoms with E-state index in [1.54, 1.807) is 11.2 Å². The fourth-order valence-electron chi connectivity index (χ4n) is 4.54. The van der Waals surface area contributed by atoms with Crippen molar-refractivity contribution in [1.82, 2.24) is 19.9 Å². The topological polar surface area (TPSA) is 84.0 Å². The molecular weight excluding hydrogens is 450 g/mol. The number of amides is 1. The summed E-state index contributed by atoms with van der Waals surface area (Å²) < 4.78 is 6.04. The summed E-state index contributed by atoms with van der Waals surface area (Å²) in [6.45, 7) is 5.55. The molecule has 7 nitrogen and oxygen atoms in total. The van der Waals surface area contributed by atoms with Crippen LogP contribution in [0, 0.1) is 0 Å². The number of carbonyl (C=O) groups is 1. The third-order valence-electron chi connectivity index (χ3n) is 5.90. The van der Waals surface area contributed by atoms with Crippen molar-refractivity contribution in [2.24, 2.45) is 0 Å². The minimum atomic E-state index is -1.13. The normalized spacial score (nSPS) is 11.9. The second-order valence-corrected chi connectivity index (χ2v) is 9.42. The van der Waals surface area contributed by atoms with Crippen LogP contribution in [-0.4, -0.2) is 31.6 Å². The Morgan fingerprint density at radius 2 is 1.25 bits per heavy atom. The van der Waals surface area contributed by atoms with Gasteiger partial charge in [0.25, 0.3) is 0 Å². The number of anilines is 1. The predicted octanol–water partition coefficient (Wildman–Crippen LogP) is 6.09. The quantitative estimate of drug-likeness (QED) is 0.310. The average molecular weight is 478 g/mol. The van der Waals surface area contributed by atoms with E-state index in [2.05, 4.69) is 19.9 Å². The van der Waals surface area contributed by atoms with Crippen LogP contribution in [0.1, 0.15) is 37.5 Å². The molecule has 7 heteroatoms. The molecule has 5 aromatic rings. The molecule has 5 rings (SSSR count). The third kappa shape index (κ3) is 4.09. The van der Waals surface area contributed by atoms with Crippen LogP contribution in [0.4, 0.5) is 10.6 Å². The van der Waals surface area contributed by atoms with Gasteiger partial charge in [0, 0.05) is 0 Å². The number of nitrogens with zero attached hydrogens (tertiary/aromatic N) is 4. The maximum absolute atomic E-state index is 14.3. The van der Waals surface area contributed by atoms with E-state index in [4.69, 9.17) is 4.74 Å². The highest BCUT2D eigenvalue weighted by Gasteiger charge is 2.48. The molecule has 0 radical (unpaired) electrons. The van der Waals surface area contributed by atoms with Crippen molar-refractivity contribution in [3.63, 3.8) is 0 Å². The maximum Gasteiger partial charge on any atom is 0.417 e. The first-order chi connectivity index (χ1) is 17.4. The molecule has 1 N–H and O–H groups in total. The number of rotatable bonds is 5. The van der Waals surface area contributed by atoms with E-state index in [0.717, 1.165) is 16.7 Å². The molecule has 0 fully saturated rings. The van der Waals surface area contributed by atoms with Gasteiger partial charge >= 0.3 is 6.09 Å². The van der Waals surface area contributed by atoms with Crippen molar-refractivity contribution < 1.29 is 9.53 Å². The first kappa shape index (κ1) is 23.2. The first-order valence-electron chi connectivity index (χ1n) is 11.7. The van der Waals surface area contributed by atoms with Crippen molar-refractivity contribution >= 4 is 23.1 Å². The van der Waals surface area contributed by atoms with Crippen molar-refractivity contribution in [3.05, 3.63) is 120 Å². The van der Waals surface area contributed by atoms with E-state index < -0.39 is 17.2 Å². The Kier molecular flexibility index (Phi) is 5.98. The Morgan fingerprint density at radius 3 is 1.72 bits per heavy atom. The zero-order valence-corrected chi connectivity index (χ0v) is 20.4. The molecule has 0 spiro atoms. The smallest absolute Gasteiger partial charge is 0.417 e. The van der Waals surface area contributed by atoms with E-state index in [1.807, 2.05) is 112 Å². The summed E-state index contributed by atoms with van der Waals surface area (Å²) in [4.78, 5) is 32.3. The molecule has 0 unspecified atom stereocenters. The highest BCUT2D eigenvalue weighted by Crippen LogP contribution is 2.46. The lowest BCUT2D eigenvalue weighted by atomic mass is 9.75. The summed E-state index contributed by atoms with van der Waals surface area (Å²) in [5, 5.41) is 0. The zero-order chi connectivity index (χ0) is 25.2. The fourth-order valence-corrected chi connectivity index (χ4v) is 4.54. The summed E-state index contributed by atoms with van der Waals surface area (Å²) in [6.07, 6.45) is 2.42. The van der Waals surface area contributed by atoms with Crippen LogP contribution in [0.15, 0.2) is 104 Å². The lowest BCUT2D eigenvalue weighted by Crippen LogP contribution is -2.53. The fraction of sp³-hybridized carbons (Fsp3) is 0.172. The number of fused-ring (bicyclic) bond motifs is 1. The average Bonchev–Trinajstić information content (AvgIpc) is 3.37. The second-order valence-electron chi connectivity index (χ2n) is 9.42. The standard InChI is InChI=1S/C29H27N5O2/c1-28(2,3)36-27(35)34(26-24-25(31-19-30-24)32-20-33-26)29(21-13-7-4-8-14-21,22-15-9-5-10-16-22)23-17-11-6-12-18-23/h4-20H,1-3H3,(H,30,31,32,33). The summed E-state index contributed by atoms with van der Waals surface area (Å²) in [7, 11) is 0. The van der Waals surface area contributed by atoms with Gasteiger partial charge in [0.1, 0.15) is 23.0 Å². The van der Waals surface area contributed by atoms with Gasteiger partial charge in [-0.2, -0.15) is 0 Å². The van der Waals surface area contributed by atoms with Gasteiger partial charge in [0.15, 0.2) is 11.5 Å². The number of benzene rings is 3. The Balaban J connectivity index is 1.94. The third-order valence-corrected chi connectivity index (χ3v) is 5.90. The Labute approximate surface area is 209 Å². The molecule has 36 heavy (non-hydrogen) atoms. The van der Waals surface area contributed by atoms with Gasteiger partial charge < -0.3 is 9.72 Å². The molecule has 0 aliphatic heterocycles. The largest absolute Gasteiger partial charge is 0.443 e. The Morgan fingerprint density at radius 1 is 0.750 bits per heavy atom. The predicted molar refractivity (Wildman–Crippen MR) is 140 cm³/mol. The molecule has 2 heterocycles. The van der Waals surface area contributed by atoms with E-state index >= 15 is 0 Å². The first-order valence-corrected chi connectivity index (χ1v) is 11.7. The van der Waals surface area contributed by atoms with Crippen LogP contribution >= 0.6 is 0 Å². The van der Waals surface area contributed by atoms with Crippen LogP contribution in [0.2, 0.25) is 0 Å². The van der Waals surface area contributed by atoms with E-state index in [0.29, 0.717) is 17.0 Å². The monoisotopic (exact) mass is 477 g/mol. The number of H-pyrrole nitrogens is 1. The Hall–Kier alpha value is -4.52. The van der Waals surface area contributed by atoms with Gasteiger partial charge in [-0.3, -0.25) is 0 Å². The SMILES string of the molecule is CC(C)(C)OC(=O)N(c1ncnc2nc[nH]c12)C(c1ccccc1)(c1ccccc1)c1ccccc1. The number of hydrogen-bond donors (Lipinski definition) is 1. The summed E-state index contributed by atoms with van der Waals surface area (Å²) in [5.74, 6) is 0.364. The van der Waals surface area contributed by atoms with E-state index in [-0.39, 0.29) is 0 Å². The molecule has 0 bridgehead atoms. The van der Waals surface area contributed by atoms with Crippen molar-refractivity contribution in [2.45, 2.75) is 31.9 Å². The van der Waals surface area contributed by atoms with Crippen LogP contribution in [-0.2, 0) is 10.3 Å². The summed E-state index contributed by atoms with van der Waals surface area (Å²) >= 11 is 0. The zero-order valence-electron chi connectivity index (χ0n) is 20.4. The van der Waals surface area contributed by atoms with E-state index in [1.165, 1.54) is 6.33 Å². The molecule has 2 aromatic heterocycles. The van der Waals surface area contributed by atoms with Gasteiger partial charge in [0.05, 0.1) is 6.33 Å². The summed E-state index contributed by atoms with van der Waals surface area (Å²) in [5.41, 5.74) is 1.75. The minimum Gasteiger partial charge on any atom is -0.443 e. The van der Waals surface area contributed by atoms with Gasteiger partial charge in [0.2, 0.25) is 0 Å². The highest BCUT2D eigenvalue weighted by atomic mass is 16.6. The number of imidazole rings is 1. The number of hydrogen-bond acceptors (Lipinski definition) is 5.